The van der Waals surface area contributed by atoms with Gasteiger partial charge in [-0.15, -0.1) is 0 Å². The van der Waals surface area contributed by atoms with Crippen LogP contribution in [0, 0.1) is 23.7 Å². The van der Waals surface area contributed by atoms with Gasteiger partial charge in [0.05, 0.1) is 6.26 Å². The molecule has 7 rings (SSSR count). The van der Waals surface area contributed by atoms with Gasteiger partial charge in [0, 0.05) is 41.6 Å². The van der Waals surface area contributed by atoms with Crippen molar-refractivity contribution in [3.05, 3.63) is 47.0 Å². The van der Waals surface area contributed by atoms with Crippen LogP contribution in [0.4, 0.5) is 5.69 Å². The Balaban J connectivity index is 1.47. The minimum atomic E-state index is -3.45. The maximum Gasteiger partial charge on any atom is 0.274 e. The number of aromatic amines is 1. The fraction of sp³-hybridized carbons (Fsp3) is 0.500. The molecule has 186 valence electrons. The van der Waals surface area contributed by atoms with E-state index in [9.17, 15) is 13.2 Å². The minimum Gasteiger partial charge on any atom is -0.487 e. The summed E-state index contributed by atoms with van der Waals surface area (Å²) >= 11 is 0. The predicted molar refractivity (Wildman–Crippen MR) is 137 cm³/mol. The number of sulfonamides is 1. The summed E-state index contributed by atoms with van der Waals surface area (Å²) in [6, 6.07) is 7.31. The van der Waals surface area contributed by atoms with Crippen LogP contribution in [0.25, 0.3) is 22.0 Å². The van der Waals surface area contributed by atoms with Gasteiger partial charge in [-0.2, -0.15) is 0 Å². The van der Waals surface area contributed by atoms with E-state index < -0.39 is 10.0 Å². The summed E-state index contributed by atoms with van der Waals surface area (Å²) in [5.41, 5.74) is 8.38. The van der Waals surface area contributed by atoms with E-state index in [0.717, 1.165) is 54.3 Å². The molecule has 35 heavy (non-hydrogen) atoms. The second-order valence-electron chi connectivity index (χ2n) is 11.0. The molecular formula is C26H32N4O4S. The first kappa shape index (κ1) is 22.7. The van der Waals surface area contributed by atoms with Crippen LogP contribution < -0.4 is 20.8 Å². The lowest BCUT2D eigenvalue weighted by molar-refractivity contribution is -0.134. The maximum absolute atomic E-state index is 12.7. The molecule has 4 saturated carbocycles. The molecule has 4 bridgehead atoms. The van der Waals surface area contributed by atoms with E-state index in [1.54, 1.807) is 30.1 Å². The number of anilines is 1. The normalized spacial score (nSPS) is 29.6. The Morgan fingerprint density at radius 3 is 2.60 bits per heavy atom. The van der Waals surface area contributed by atoms with E-state index in [4.69, 9.17) is 10.5 Å². The summed E-state index contributed by atoms with van der Waals surface area (Å²) < 4.78 is 35.0. The molecule has 2 heterocycles. The van der Waals surface area contributed by atoms with Crippen molar-refractivity contribution >= 4 is 26.6 Å². The molecule has 1 aromatic carbocycles. The van der Waals surface area contributed by atoms with Gasteiger partial charge in [0.15, 0.2) is 0 Å². The Kier molecular flexibility index (Phi) is 5.09. The van der Waals surface area contributed by atoms with Crippen molar-refractivity contribution in [2.75, 3.05) is 17.5 Å². The molecule has 0 spiro atoms. The van der Waals surface area contributed by atoms with Crippen molar-refractivity contribution in [1.29, 1.82) is 0 Å². The van der Waals surface area contributed by atoms with Crippen molar-refractivity contribution < 1.29 is 13.2 Å². The Hall–Kier alpha value is -2.78. The lowest BCUT2D eigenvalue weighted by atomic mass is 9.50. The number of ether oxygens (including phenoxy) is 1. The highest BCUT2D eigenvalue weighted by atomic mass is 32.2. The predicted octanol–water partition coefficient (Wildman–Crippen LogP) is 3.44. The second-order valence-corrected chi connectivity index (χ2v) is 12.7. The number of nitrogens with two attached hydrogens (primary N) is 1. The van der Waals surface area contributed by atoms with Crippen molar-refractivity contribution in [2.45, 2.75) is 37.7 Å². The van der Waals surface area contributed by atoms with Crippen LogP contribution in [0.5, 0.6) is 5.75 Å². The van der Waals surface area contributed by atoms with Crippen LogP contribution in [-0.4, -0.2) is 36.4 Å². The zero-order valence-electron chi connectivity index (χ0n) is 20.1. The smallest absolute Gasteiger partial charge is 0.274 e. The average molecular weight is 497 g/mol. The molecule has 9 heteroatoms. The zero-order valence-corrected chi connectivity index (χ0v) is 20.9. The molecule has 0 radical (unpaired) electrons. The van der Waals surface area contributed by atoms with Gasteiger partial charge in [-0.05, 0) is 86.6 Å². The molecule has 2 aromatic heterocycles. The van der Waals surface area contributed by atoms with Crippen molar-refractivity contribution in [1.82, 2.24) is 9.55 Å². The van der Waals surface area contributed by atoms with Gasteiger partial charge < -0.3 is 20.0 Å². The second kappa shape index (κ2) is 7.86. The number of benzene rings is 1. The fourth-order valence-electron chi connectivity index (χ4n) is 7.39. The standard InChI is InChI=1S/C26H32N4O4S/c1-30-14-22(19-5-6-28-24(19)25(30)31)20-9-18(29-35(2,32)33)3-4-23(20)34-26-10-15-7-16(11-26)21(13-27)17(8-15)12-26/h3-6,9,14-17,21,28-29H,7-8,10-13,27H2,1-2H3. The SMILES string of the molecule is Cn1cc(-c2cc(NS(C)(=O)=O)ccc2OC23CC4CC(C2)C(CN)C(C4)C3)c2cc[nH]c2c1=O. The van der Waals surface area contributed by atoms with Crippen molar-refractivity contribution in [3.63, 3.8) is 0 Å². The van der Waals surface area contributed by atoms with Crippen LogP contribution in [-0.2, 0) is 17.1 Å². The lowest BCUT2D eigenvalue weighted by Crippen LogP contribution is -2.58. The lowest BCUT2D eigenvalue weighted by Gasteiger charge is -2.59. The highest BCUT2D eigenvalue weighted by Gasteiger charge is 2.56. The largest absolute Gasteiger partial charge is 0.487 e. The van der Waals surface area contributed by atoms with Crippen molar-refractivity contribution in [2.24, 2.45) is 36.5 Å². The van der Waals surface area contributed by atoms with Gasteiger partial charge in [-0.1, -0.05) is 0 Å². The Morgan fingerprint density at radius 1 is 1.17 bits per heavy atom. The molecule has 4 fully saturated rings. The average Bonchev–Trinajstić information content (AvgIpc) is 3.26. The first-order valence-corrected chi connectivity index (χ1v) is 14.2. The van der Waals surface area contributed by atoms with Gasteiger partial charge in [-0.25, -0.2) is 8.42 Å². The summed E-state index contributed by atoms with van der Waals surface area (Å²) in [5, 5.41) is 0.781. The van der Waals surface area contributed by atoms with E-state index >= 15 is 0 Å². The van der Waals surface area contributed by atoms with E-state index in [-0.39, 0.29) is 11.2 Å². The summed E-state index contributed by atoms with van der Waals surface area (Å²) in [6.45, 7) is 0.749. The van der Waals surface area contributed by atoms with Gasteiger partial charge in [0.1, 0.15) is 16.9 Å². The molecule has 4 N–H and O–H groups in total. The Morgan fingerprint density at radius 2 is 1.91 bits per heavy atom. The minimum absolute atomic E-state index is 0.115. The van der Waals surface area contributed by atoms with Crippen LogP contribution in [0.15, 0.2) is 41.5 Å². The third-order valence-corrected chi connectivity index (χ3v) is 9.08. The molecule has 0 aliphatic heterocycles. The quantitative estimate of drug-likeness (QED) is 0.483. The van der Waals surface area contributed by atoms with Crippen molar-refractivity contribution in [3.8, 4) is 16.9 Å². The number of nitrogens with zero attached hydrogens (tertiary/aromatic N) is 1. The zero-order chi connectivity index (χ0) is 24.5. The first-order chi connectivity index (χ1) is 16.6. The monoisotopic (exact) mass is 496 g/mol. The molecule has 0 amide bonds. The number of H-pyrrole nitrogens is 1. The molecule has 8 nitrogen and oxygen atoms in total. The maximum atomic E-state index is 12.7. The number of aryl methyl sites for hydroxylation is 1. The summed E-state index contributed by atoms with van der Waals surface area (Å²) in [4.78, 5) is 15.7. The molecule has 2 unspecified atom stereocenters. The summed E-state index contributed by atoms with van der Waals surface area (Å²) in [7, 11) is -1.73. The van der Waals surface area contributed by atoms with E-state index in [1.165, 1.54) is 12.8 Å². The first-order valence-electron chi connectivity index (χ1n) is 12.3. The number of aromatic nitrogens is 2. The molecule has 0 saturated heterocycles. The molecule has 3 aromatic rings. The molecule has 4 aliphatic carbocycles. The summed E-state index contributed by atoms with van der Waals surface area (Å²) in [6.07, 6.45) is 10.3. The number of hydrogen-bond donors (Lipinski definition) is 3. The van der Waals surface area contributed by atoms with Gasteiger partial charge >= 0.3 is 0 Å². The molecular weight excluding hydrogens is 464 g/mol. The molecule has 4 aliphatic rings. The summed E-state index contributed by atoms with van der Waals surface area (Å²) in [5.74, 6) is 3.20. The third-order valence-electron chi connectivity index (χ3n) is 8.48. The van der Waals surface area contributed by atoms with E-state index in [0.29, 0.717) is 34.9 Å². The van der Waals surface area contributed by atoms with Crippen LogP contribution in [0.2, 0.25) is 0 Å². The van der Waals surface area contributed by atoms with E-state index in [1.807, 2.05) is 18.2 Å². The Bertz CT molecular complexity index is 1460. The van der Waals surface area contributed by atoms with Crippen LogP contribution in [0.1, 0.15) is 32.1 Å². The number of hydrogen-bond acceptors (Lipinski definition) is 5. The highest BCUT2D eigenvalue weighted by Crippen LogP contribution is 2.59. The highest BCUT2D eigenvalue weighted by molar-refractivity contribution is 7.92. The number of pyridine rings is 1. The third kappa shape index (κ3) is 3.85. The topological polar surface area (TPSA) is 119 Å². The van der Waals surface area contributed by atoms with Crippen LogP contribution >= 0.6 is 0 Å². The Labute approximate surface area is 204 Å². The van der Waals surface area contributed by atoms with Gasteiger partial charge in [0.2, 0.25) is 10.0 Å². The molecule has 2 atom stereocenters. The van der Waals surface area contributed by atoms with Gasteiger partial charge in [-0.3, -0.25) is 9.52 Å². The van der Waals surface area contributed by atoms with Crippen LogP contribution in [0.3, 0.4) is 0 Å². The number of nitrogens with one attached hydrogen (secondary N) is 2. The van der Waals surface area contributed by atoms with E-state index in [2.05, 4.69) is 9.71 Å². The number of rotatable bonds is 6. The van der Waals surface area contributed by atoms with Gasteiger partial charge in [0.25, 0.3) is 5.56 Å². The number of fused-ring (bicyclic) bond motifs is 1. The fourth-order valence-corrected chi connectivity index (χ4v) is 7.94.